The van der Waals surface area contributed by atoms with Crippen LogP contribution >= 0.6 is 0 Å². The molecule has 1 aromatic carbocycles. The van der Waals surface area contributed by atoms with Gasteiger partial charge < -0.3 is 10.0 Å². The van der Waals surface area contributed by atoms with Crippen molar-refractivity contribution >= 4 is 22.6 Å². The largest absolute Gasteiger partial charge is 0.481 e. The molecular weight excluding hydrogens is 310 g/mol. The van der Waals surface area contributed by atoms with E-state index in [1.54, 1.807) is 31.3 Å². The van der Waals surface area contributed by atoms with E-state index in [1.807, 2.05) is 13.8 Å². The highest BCUT2D eigenvalue weighted by Gasteiger charge is 2.20. The van der Waals surface area contributed by atoms with Crippen LogP contribution in [0.25, 0.3) is 10.8 Å². The number of aliphatic carboxylic acids is 1. The van der Waals surface area contributed by atoms with Gasteiger partial charge in [0.15, 0.2) is 0 Å². The fraction of sp³-hybridized carbons (Fsp3) is 0.412. The third kappa shape index (κ3) is 3.79. The fourth-order valence-electron chi connectivity index (χ4n) is 2.64. The first-order valence-electron chi connectivity index (χ1n) is 7.77. The number of carbonyl (C=O) groups is 2. The number of carboxylic acid groups (broad SMARTS) is 1. The maximum atomic E-state index is 12.6. The third-order valence-electron chi connectivity index (χ3n) is 3.86. The highest BCUT2D eigenvalue weighted by Crippen LogP contribution is 2.15. The SMILES string of the molecule is CC(C)N(CCC(=O)O)C(=O)Cc1nn(C)c(=O)c2ccccc12. The van der Waals surface area contributed by atoms with E-state index in [2.05, 4.69) is 5.10 Å². The van der Waals surface area contributed by atoms with E-state index in [-0.39, 0.29) is 36.9 Å². The normalized spacial score (nSPS) is 11.0. The summed E-state index contributed by atoms with van der Waals surface area (Å²) in [4.78, 5) is 37.0. The topological polar surface area (TPSA) is 92.5 Å². The minimum atomic E-state index is -0.945. The molecule has 2 rings (SSSR count). The maximum absolute atomic E-state index is 12.6. The Balaban J connectivity index is 2.34. The van der Waals surface area contributed by atoms with E-state index in [4.69, 9.17) is 5.11 Å². The smallest absolute Gasteiger partial charge is 0.305 e. The average molecular weight is 331 g/mol. The number of hydrogen-bond donors (Lipinski definition) is 1. The molecule has 1 heterocycles. The molecule has 7 nitrogen and oxygen atoms in total. The van der Waals surface area contributed by atoms with Gasteiger partial charge in [-0.3, -0.25) is 14.4 Å². The summed E-state index contributed by atoms with van der Waals surface area (Å²) in [6, 6.07) is 6.92. The molecule has 1 N–H and O–H groups in total. The molecule has 0 bridgehead atoms. The highest BCUT2D eigenvalue weighted by molar-refractivity contribution is 5.88. The van der Waals surface area contributed by atoms with Crippen molar-refractivity contribution in [2.75, 3.05) is 6.54 Å². The van der Waals surface area contributed by atoms with Gasteiger partial charge in [-0.15, -0.1) is 0 Å². The lowest BCUT2D eigenvalue weighted by atomic mass is 10.1. The highest BCUT2D eigenvalue weighted by atomic mass is 16.4. The maximum Gasteiger partial charge on any atom is 0.305 e. The molecule has 2 aromatic rings. The molecule has 0 aliphatic heterocycles. The van der Waals surface area contributed by atoms with Crippen molar-refractivity contribution in [1.82, 2.24) is 14.7 Å². The number of nitrogens with zero attached hydrogens (tertiary/aromatic N) is 3. The number of aromatic nitrogens is 2. The van der Waals surface area contributed by atoms with Crippen molar-refractivity contribution in [2.45, 2.75) is 32.7 Å². The summed E-state index contributed by atoms with van der Waals surface area (Å²) in [6.07, 6.45) is -0.0855. The summed E-state index contributed by atoms with van der Waals surface area (Å²) in [7, 11) is 1.55. The van der Waals surface area contributed by atoms with E-state index < -0.39 is 5.97 Å². The van der Waals surface area contributed by atoms with Crippen molar-refractivity contribution in [3.8, 4) is 0 Å². The number of rotatable bonds is 6. The van der Waals surface area contributed by atoms with Gasteiger partial charge in [-0.25, -0.2) is 4.68 Å². The van der Waals surface area contributed by atoms with Gasteiger partial charge in [-0.1, -0.05) is 18.2 Å². The Labute approximate surface area is 139 Å². The number of fused-ring (bicyclic) bond motifs is 1. The zero-order valence-electron chi connectivity index (χ0n) is 14.0. The molecule has 0 unspecified atom stereocenters. The Bertz CT molecular complexity index is 826. The fourth-order valence-corrected chi connectivity index (χ4v) is 2.64. The van der Waals surface area contributed by atoms with Gasteiger partial charge in [0.1, 0.15) is 0 Å². The lowest BCUT2D eigenvalue weighted by Crippen LogP contribution is -2.39. The predicted octanol–water partition coefficient (Wildman–Crippen LogP) is 1.19. The van der Waals surface area contributed by atoms with Crippen LogP contribution in [0.4, 0.5) is 0 Å². The van der Waals surface area contributed by atoms with Crippen LogP contribution in [0, 0.1) is 0 Å². The first-order chi connectivity index (χ1) is 11.3. The van der Waals surface area contributed by atoms with Gasteiger partial charge in [-0.2, -0.15) is 5.10 Å². The second-order valence-electron chi connectivity index (χ2n) is 5.92. The van der Waals surface area contributed by atoms with Crippen LogP contribution in [-0.4, -0.2) is 44.3 Å². The van der Waals surface area contributed by atoms with Gasteiger partial charge in [0.25, 0.3) is 5.56 Å². The van der Waals surface area contributed by atoms with Gasteiger partial charge in [0.05, 0.1) is 23.9 Å². The molecule has 24 heavy (non-hydrogen) atoms. The second-order valence-corrected chi connectivity index (χ2v) is 5.92. The Morgan fingerprint density at radius 3 is 2.46 bits per heavy atom. The summed E-state index contributed by atoms with van der Waals surface area (Å²) in [6.45, 7) is 3.83. The molecule has 0 saturated heterocycles. The van der Waals surface area contributed by atoms with Crippen LogP contribution in [0.3, 0.4) is 0 Å². The van der Waals surface area contributed by atoms with Gasteiger partial charge >= 0.3 is 5.97 Å². The average Bonchev–Trinajstić information content (AvgIpc) is 2.52. The van der Waals surface area contributed by atoms with Gasteiger partial charge in [-0.05, 0) is 19.9 Å². The number of carboxylic acids is 1. The second kappa shape index (κ2) is 7.25. The van der Waals surface area contributed by atoms with Crippen LogP contribution < -0.4 is 5.56 Å². The molecule has 0 fully saturated rings. The summed E-state index contributed by atoms with van der Waals surface area (Å²) in [5.74, 6) is -1.15. The zero-order valence-corrected chi connectivity index (χ0v) is 14.0. The summed E-state index contributed by atoms with van der Waals surface area (Å²) in [5, 5.41) is 14.2. The molecule has 0 radical (unpaired) electrons. The molecule has 0 aliphatic carbocycles. The molecule has 0 saturated carbocycles. The Hall–Kier alpha value is -2.70. The molecule has 1 amide bonds. The Morgan fingerprint density at radius 1 is 1.25 bits per heavy atom. The minimum Gasteiger partial charge on any atom is -0.481 e. The summed E-state index contributed by atoms with van der Waals surface area (Å²) < 4.78 is 1.22. The zero-order chi connectivity index (χ0) is 17.9. The summed E-state index contributed by atoms with van der Waals surface area (Å²) >= 11 is 0. The lowest BCUT2D eigenvalue weighted by molar-refractivity contribution is -0.139. The van der Waals surface area contributed by atoms with Crippen molar-refractivity contribution in [1.29, 1.82) is 0 Å². The van der Waals surface area contributed by atoms with Crippen LogP contribution in [-0.2, 0) is 23.1 Å². The molecule has 0 spiro atoms. The predicted molar refractivity (Wildman–Crippen MR) is 89.8 cm³/mol. The number of aryl methyl sites for hydroxylation is 1. The van der Waals surface area contributed by atoms with E-state index in [9.17, 15) is 14.4 Å². The van der Waals surface area contributed by atoms with E-state index in [0.29, 0.717) is 16.5 Å². The number of amides is 1. The quantitative estimate of drug-likeness (QED) is 0.858. The number of benzene rings is 1. The van der Waals surface area contributed by atoms with Crippen molar-refractivity contribution in [2.24, 2.45) is 7.05 Å². The lowest BCUT2D eigenvalue weighted by Gasteiger charge is -2.26. The monoisotopic (exact) mass is 331 g/mol. The molecule has 128 valence electrons. The molecule has 1 aromatic heterocycles. The molecule has 0 aliphatic rings. The van der Waals surface area contributed by atoms with Crippen molar-refractivity contribution in [3.05, 3.63) is 40.3 Å². The number of hydrogen-bond acceptors (Lipinski definition) is 4. The van der Waals surface area contributed by atoms with Gasteiger partial charge in [0.2, 0.25) is 5.91 Å². The molecular formula is C17H21N3O4. The van der Waals surface area contributed by atoms with Crippen LogP contribution in [0.2, 0.25) is 0 Å². The minimum absolute atomic E-state index is 0.0203. The first-order valence-corrected chi connectivity index (χ1v) is 7.77. The number of carbonyl (C=O) groups excluding carboxylic acids is 1. The van der Waals surface area contributed by atoms with Crippen molar-refractivity contribution < 1.29 is 14.7 Å². The first kappa shape index (κ1) is 17.7. The van der Waals surface area contributed by atoms with Crippen LogP contribution in [0.1, 0.15) is 26.0 Å². The van der Waals surface area contributed by atoms with Crippen LogP contribution in [0.5, 0.6) is 0 Å². The Morgan fingerprint density at radius 2 is 1.88 bits per heavy atom. The molecule has 0 atom stereocenters. The standard InChI is InChI=1S/C17H21N3O4/c1-11(2)20(9-8-16(22)23)15(21)10-14-12-6-4-5-7-13(12)17(24)19(3)18-14/h4-7,11H,8-10H2,1-3H3,(H,22,23). The van der Waals surface area contributed by atoms with Gasteiger partial charge in [0, 0.05) is 25.0 Å². The van der Waals surface area contributed by atoms with E-state index in [1.165, 1.54) is 9.58 Å². The molecule has 7 heteroatoms. The van der Waals surface area contributed by atoms with Crippen LogP contribution in [0.15, 0.2) is 29.1 Å². The summed E-state index contributed by atoms with van der Waals surface area (Å²) in [5.41, 5.74) is 0.298. The third-order valence-corrected chi connectivity index (χ3v) is 3.86. The van der Waals surface area contributed by atoms with E-state index >= 15 is 0 Å². The Kier molecular flexibility index (Phi) is 5.33. The van der Waals surface area contributed by atoms with Crippen molar-refractivity contribution in [3.63, 3.8) is 0 Å². The van der Waals surface area contributed by atoms with E-state index in [0.717, 1.165) is 0 Å².